The maximum atomic E-state index is 5.42. The van der Waals surface area contributed by atoms with E-state index in [1.807, 2.05) is 11.4 Å². The molecule has 92 valence electrons. The first kappa shape index (κ1) is 12.3. The van der Waals surface area contributed by atoms with Gasteiger partial charge in [0.15, 0.2) is 5.76 Å². The summed E-state index contributed by atoms with van der Waals surface area (Å²) in [6, 6.07) is 4.09. The Morgan fingerprint density at radius 2 is 2.29 bits per heavy atom. The molecule has 0 atom stereocenters. The molecule has 0 aliphatic heterocycles. The van der Waals surface area contributed by atoms with Gasteiger partial charge in [0.05, 0.1) is 4.88 Å². The van der Waals surface area contributed by atoms with Crippen molar-refractivity contribution in [1.29, 1.82) is 0 Å². The van der Waals surface area contributed by atoms with Crippen LogP contribution in [-0.4, -0.2) is 11.7 Å². The molecule has 0 aliphatic carbocycles. The van der Waals surface area contributed by atoms with Gasteiger partial charge in [0.25, 0.3) is 0 Å². The van der Waals surface area contributed by atoms with Crippen LogP contribution in [0.5, 0.6) is 0 Å². The minimum Gasteiger partial charge on any atom is -0.355 e. The van der Waals surface area contributed by atoms with Crippen molar-refractivity contribution in [2.24, 2.45) is 5.92 Å². The zero-order valence-electron chi connectivity index (χ0n) is 10.5. The molecule has 2 aromatic heterocycles. The highest BCUT2D eigenvalue weighted by Gasteiger charge is 2.13. The minimum absolute atomic E-state index is 0.652. The maximum Gasteiger partial charge on any atom is 0.179 e. The monoisotopic (exact) mass is 250 g/mol. The quantitative estimate of drug-likeness (QED) is 0.883. The molecule has 0 fully saturated rings. The molecule has 0 aliphatic rings. The van der Waals surface area contributed by atoms with Crippen LogP contribution in [0.15, 0.2) is 22.0 Å². The van der Waals surface area contributed by atoms with Gasteiger partial charge >= 0.3 is 0 Å². The molecule has 0 spiro atoms. The fraction of sp³-hybridized carbons (Fsp3) is 0.462. The lowest BCUT2D eigenvalue weighted by atomic mass is 10.2. The van der Waals surface area contributed by atoms with Crippen molar-refractivity contribution < 1.29 is 4.52 Å². The van der Waals surface area contributed by atoms with Crippen LogP contribution in [0.25, 0.3) is 10.6 Å². The van der Waals surface area contributed by atoms with Gasteiger partial charge in [-0.1, -0.05) is 25.1 Å². The van der Waals surface area contributed by atoms with E-state index in [9.17, 15) is 0 Å². The van der Waals surface area contributed by atoms with E-state index in [4.69, 9.17) is 4.52 Å². The van der Waals surface area contributed by atoms with Gasteiger partial charge < -0.3 is 9.84 Å². The molecule has 4 heteroatoms. The van der Waals surface area contributed by atoms with E-state index >= 15 is 0 Å². The molecule has 0 unspecified atom stereocenters. The lowest BCUT2D eigenvalue weighted by molar-refractivity contribution is 0.418. The van der Waals surface area contributed by atoms with Crippen molar-refractivity contribution >= 4 is 11.3 Å². The van der Waals surface area contributed by atoms with Gasteiger partial charge in [-0.05, 0) is 30.8 Å². The molecular formula is C13H18N2OS. The first-order chi connectivity index (χ1) is 8.18. The van der Waals surface area contributed by atoms with Crippen molar-refractivity contribution in [1.82, 2.24) is 10.5 Å². The van der Waals surface area contributed by atoms with Gasteiger partial charge in [-0.25, -0.2) is 0 Å². The van der Waals surface area contributed by atoms with Crippen LogP contribution in [-0.2, 0) is 6.54 Å². The molecule has 0 saturated carbocycles. The summed E-state index contributed by atoms with van der Waals surface area (Å²) in [5, 5.41) is 9.57. The Morgan fingerprint density at radius 3 is 2.94 bits per heavy atom. The predicted octanol–water partition coefficient (Wildman–Crippen LogP) is 3.46. The second kappa shape index (κ2) is 5.47. The molecule has 2 aromatic rings. The zero-order valence-corrected chi connectivity index (χ0v) is 11.3. The number of rotatable bonds is 5. The summed E-state index contributed by atoms with van der Waals surface area (Å²) in [7, 11) is 0. The van der Waals surface area contributed by atoms with Crippen molar-refractivity contribution in [2.75, 3.05) is 6.54 Å². The highest BCUT2D eigenvalue weighted by molar-refractivity contribution is 7.13. The van der Waals surface area contributed by atoms with Crippen molar-refractivity contribution in [3.05, 3.63) is 28.8 Å². The lowest BCUT2D eigenvalue weighted by Gasteiger charge is -2.05. The lowest BCUT2D eigenvalue weighted by Crippen LogP contribution is -2.19. The summed E-state index contributed by atoms with van der Waals surface area (Å²) < 4.78 is 5.42. The summed E-state index contributed by atoms with van der Waals surface area (Å²) in [6.45, 7) is 8.23. The number of aromatic nitrogens is 1. The van der Waals surface area contributed by atoms with Crippen LogP contribution >= 0.6 is 11.3 Å². The third-order valence-corrected chi connectivity index (χ3v) is 3.48. The van der Waals surface area contributed by atoms with Gasteiger partial charge in [-0.3, -0.25) is 0 Å². The first-order valence-electron chi connectivity index (χ1n) is 5.88. The summed E-state index contributed by atoms with van der Waals surface area (Å²) in [6.07, 6.45) is 0. The standard InChI is InChI=1S/C13H18N2OS/c1-9(2)7-14-8-11-10(3)13(16-15-11)12-5-4-6-17-12/h4-6,9,14H,7-8H2,1-3H3. The summed E-state index contributed by atoms with van der Waals surface area (Å²) in [4.78, 5) is 1.14. The van der Waals surface area contributed by atoms with E-state index in [-0.39, 0.29) is 0 Å². The molecule has 2 rings (SSSR count). The number of hydrogen-bond acceptors (Lipinski definition) is 4. The molecule has 1 N–H and O–H groups in total. The van der Waals surface area contributed by atoms with E-state index < -0.39 is 0 Å². The van der Waals surface area contributed by atoms with Gasteiger partial charge in [0, 0.05) is 12.1 Å². The molecule has 0 radical (unpaired) electrons. The van der Waals surface area contributed by atoms with Crippen LogP contribution in [0, 0.1) is 12.8 Å². The molecule has 0 bridgehead atoms. The Balaban J connectivity index is 2.05. The minimum atomic E-state index is 0.652. The Kier molecular flexibility index (Phi) is 3.97. The summed E-state index contributed by atoms with van der Waals surface area (Å²) in [5.41, 5.74) is 2.15. The van der Waals surface area contributed by atoms with Crippen LogP contribution in [0.1, 0.15) is 25.1 Å². The molecule has 0 saturated heterocycles. The fourth-order valence-corrected chi connectivity index (χ4v) is 2.41. The number of thiophene rings is 1. The topological polar surface area (TPSA) is 38.1 Å². The number of nitrogens with one attached hydrogen (secondary N) is 1. The van der Waals surface area contributed by atoms with Crippen LogP contribution in [0.2, 0.25) is 0 Å². The van der Waals surface area contributed by atoms with Gasteiger partial charge in [0.1, 0.15) is 5.69 Å². The van der Waals surface area contributed by atoms with Crippen LogP contribution < -0.4 is 5.32 Å². The van der Waals surface area contributed by atoms with E-state index in [0.29, 0.717) is 5.92 Å². The normalized spacial score (nSPS) is 11.3. The predicted molar refractivity (Wildman–Crippen MR) is 71.1 cm³/mol. The molecule has 0 aromatic carbocycles. The first-order valence-corrected chi connectivity index (χ1v) is 6.76. The second-order valence-electron chi connectivity index (χ2n) is 4.59. The van der Waals surface area contributed by atoms with Gasteiger partial charge in [0.2, 0.25) is 0 Å². The van der Waals surface area contributed by atoms with E-state index in [2.05, 4.69) is 37.3 Å². The van der Waals surface area contributed by atoms with Crippen molar-refractivity contribution in [3.8, 4) is 10.6 Å². The smallest absolute Gasteiger partial charge is 0.179 e. The van der Waals surface area contributed by atoms with Crippen molar-refractivity contribution in [3.63, 3.8) is 0 Å². The highest BCUT2D eigenvalue weighted by Crippen LogP contribution is 2.29. The average molecular weight is 250 g/mol. The highest BCUT2D eigenvalue weighted by atomic mass is 32.1. The average Bonchev–Trinajstić information content (AvgIpc) is 2.88. The van der Waals surface area contributed by atoms with E-state index in [1.165, 1.54) is 0 Å². The van der Waals surface area contributed by atoms with Gasteiger partial charge in [-0.2, -0.15) is 0 Å². The zero-order chi connectivity index (χ0) is 12.3. The van der Waals surface area contributed by atoms with Gasteiger partial charge in [-0.15, -0.1) is 11.3 Å². The molecular weight excluding hydrogens is 232 g/mol. The third kappa shape index (κ3) is 2.96. The second-order valence-corrected chi connectivity index (χ2v) is 5.53. The Labute approximate surface area is 106 Å². The Bertz CT molecular complexity index is 460. The van der Waals surface area contributed by atoms with Crippen LogP contribution in [0.4, 0.5) is 0 Å². The largest absolute Gasteiger partial charge is 0.355 e. The number of hydrogen-bond donors (Lipinski definition) is 1. The summed E-state index contributed by atoms with van der Waals surface area (Å²) in [5.74, 6) is 1.56. The van der Waals surface area contributed by atoms with E-state index in [1.54, 1.807) is 11.3 Å². The van der Waals surface area contributed by atoms with Crippen molar-refractivity contribution in [2.45, 2.75) is 27.3 Å². The van der Waals surface area contributed by atoms with E-state index in [0.717, 1.165) is 35.0 Å². The van der Waals surface area contributed by atoms with Crippen LogP contribution in [0.3, 0.4) is 0 Å². The Morgan fingerprint density at radius 1 is 1.47 bits per heavy atom. The SMILES string of the molecule is Cc1c(CNCC(C)C)noc1-c1cccs1. The number of nitrogens with zero attached hydrogens (tertiary/aromatic N) is 1. The Hall–Kier alpha value is -1.13. The summed E-state index contributed by atoms with van der Waals surface area (Å²) >= 11 is 1.68. The third-order valence-electron chi connectivity index (χ3n) is 2.61. The molecule has 2 heterocycles. The fourth-order valence-electron chi connectivity index (χ4n) is 1.65. The maximum absolute atomic E-state index is 5.42. The molecule has 3 nitrogen and oxygen atoms in total. The molecule has 0 amide bonds. The molecule has 17 heavy (non-hydrogen) atoms.